The summed E-state index contributed by atoms with van der Waals surface area (Å²) in [5.74, 6) is 1.83. The Balaban J connectivity index is 1.47. The van der Waals surface area contributed by atoms with E-state index in [1.807, 2.05) is 0 Å². The summed E-state index contributed by atoms with van der Waals surface area (Å²) in [4.78, 5) is 5.09. The Morgan fingerprint density at radius 3 is 2.70 bits per heavy atom. The summed E-state index contributed by atoms with van der Waals surface area (Å²) in [6.07, 6.45) is 4.12. The summed E-state index contributed by atoms with van der Waals surface area (Å²) in [6.45, 7) is 10.9. The smallest absolute Gasteiger partial charge is 0.230 e. The highest BCUT2D eigenvalue weighted by atomic mass is 16.4. The summed E-state index contributed by atoms with van der Waals surface area (Å²) < 4.78 is 5.68. The molecule has 5 nitrogen and oxygen atoms in total. The van der Waals surface area contributed by atoms with E-state index in [9.17, 15) is 0 Å². The molecule has 0 saturated carbocycles. The van der Waals surface area contributed by atoms with Gasteiger partial charge in [-0.15, -0.1) is 10.2 Å². The first-order valence-corrected chi connectivity index (χ1v) is 7.94. The number of likely N-dealkylation sites (tertiary alicyclic amines) is 2. The number of nitrogens with zero attached hydrogens (tertiary/aromatic N) is 4. The fourth-order valence-electron chi connectivity index (χ4n) is 3.30. The van der Waals surface area contributed by atoms with Crippen LogP contribution in [0.15, 0.2) is 4.42 Å². The van der Waals surface area contributed by atoms with Crippen molar-refractivity contribution < 1.29 is 4.42 Å². The topological polar surface area (TPSA) is 45.4 Å². The molecule has 0 radical (unpaired) electrons. The predicted molar refractivity (Wildman–Crippen MR) is 77.5 cm³/mol. The zero-order chi connectivity index (χ0) is 14.1. The van der Waals surface area contributed by atoms with Gasteiger partial charge in [0, 0.05) is 31.1 Å². The largest absolute Gasteiger partial charge is 0.424 e. The van der Waals surface area contributed by atoms with Crippen LogP contribution in [0.25, 0.3) is 0 Å². The van der Waals surface area contributed by atoms with Crippen LogP contribution in [-0.4, -0.2) is 51.7 Å². The van der Waals surface area contributed by atoms with E-state index in [1.54, 1.807) is 0 Å². The van der Waals surface area contributed by atoms with E-state index in [0.717, 1.165) is 43.5 Å². The third-order valence-corrected chi connectivity index (χ3v) is 4.60. The molecule has 3 rings (SSSR count). The van der Waals surface area contributed by atoms with E-state index in [2.05, 4.69) is 40.8 Å². The molecule has 0 amide bonds. The van der Waals surface area contributed by atoms with Crippen LogP contribution in [0.2, 0.25) is 0 Å². The molecule has 2 aliphatic rings. The molecule has 2 aliphatic heterocycles. The normalized spacial score (nSPS) is 26.1. The van der Waals surface area contributed by atoms with Crippen molar-refractivity contribution >= 4 is 0 Å². The molecule has 1 atom stereocenters. The van der Waals surface area contributed by atoms with Gasteiger partial charge in [0.25, 0.3) is 0 Å². The molecule has 0 unspecified atom stereocenters. The fourth-order valence-corrected chi connectivity index (χ4v) is 3.30. The second kappa shape index (κ2) is 5.82. The van der Waals surface area contributed by atoms with Gasteiger partial charge in [-0.1, -0.05) is 20.3 Å². The Labute approximate surface area is 121 Å². The van der Waals surface area contributed by atoms with Crippen LogP contribution in [0.4, 0.5) is 0 Å². The molecule has 0 bridgehead atoms. The van der Waals surface area contributed by atoms with Crippen LogP contribution in [-0.2, 0) is 6.54 Å². The van der Waals surface area contributed by atoms with Crippen molar-refractivity contribution in [3.8, 4) is 0 Å². The molecule has 20 heavy (non-hydrogen) atoms. The van der Waals surface area contributed by atoms with E-state index >= 15 is 0 Å². The van der Waals surface area contributed by atoms with Crippen molar-refractivity contribution in [2.24, 2.45) is 0 Å². The maximum absolute atomic E-state index is 5.68. The maximum Gasteiger partial charge on any atom is 0.230 e. The number of hydrogen-bond donors (Lipinski definition) is 0. The van der Waals surface area contributed by atoms with Crippen molar-refractivity contribution in [3.05, 3.63) is 11.8 Å². The number of hydrogen-bond acceptors (Lipinski definition) is 5. The molecule has 1 aromatic rings. The Bertz CT molecular complexity index is 439. The lowest BCUT2D eigenvalue weighted by atomic mass is 9.97. The fraction of sp³-hybridized carbons (Fsp3) is 0.867. The van der Waals surface area contributed by atoms with E-state index in [1.165, 1.54) is 25.8 Å². The van der Waals surface area contributed by atoms with Gasteiger partial charge in [-0.05, 0) is 26.3 Å². The van der Waals surface area contributed by atoms with Gasteiger partial charge in [-0.25, -0.2) is 0 Å². The quantitative estimate of drug-likeness (QED) is 0.845. The first-order chi connectivity index (χ1) is 9.63. The molecule has 0 N–H and O–H groups in total. The first kappa shape index (κ1) is 14.0. The van der Waals surface area contributed by atoms with Crippen LogP contribution >= 0.6 is 0 Å². The molecule has 1 aromatic heterocycles. The lowest BCUT2D eigenvalue weighted by Crippen LogP contribution is -2.61. The van der Waals surface area contributed by atoms with Crippen molar-refractivity contribution in [1.29, 1.82) is 0 Å². The van der Waals surface area contributed by atoms with Gasteiger partial charge in [-0.3, -0.25) is 9.80 Å². The van der Waals surface area contributed by atoms with E-state index in [0.29, 0.717) is 5.92 Å². The van der Waals surface area contributed by atoms with Gasteiger partial charge in [0.2, 0.25) is 11.8 Å². The average molecular weight is 278 g/mol. The molecule has 0 aromatic carbocycles. The Kier molecular flexibility index (Phi) is 4.08. The third-order valence-electron chi connectivity index (χ3n) is 4.60. The van der Waals surface area contributed by atoms with Gasteiger partial charge in [0.05, 0.1) is 6.54 Å². The lowest BCUT2D eigenvalue weighted by Gasteiger charge is -2.48. The number of rotatable bonds is 4. The predicted octanol–water partition coefficient (Wildman–Crippen LogP) is 2.25. The molecular formula is C15H26N4O. The van der Waals surface area contributed by atoms with Crippen LogP contribution in [0.1, 0.15) is 57.7 Å². The van der Waals surface area contributed by atoms with Crippen LogP contribution in [0.3, 0.4) is 0 Å². The average Bonchev–Trinajstić information content (AvgIpc) is 2.83. The summed E-state index contributed by atoms with van der Waals surface area (Å²) in [7, 11) is 0. The lowest BCUT2D eigenvalue weighted by molar-refractivity contribution is -0.00981. The highest BCUT2D eigenvalue weighted by Crippen LogP contribution is 2.25. The summed E-state index contributed by atoms with van der Waals surface area (Å²) in [5.41, 5.74) is 0. The van der Waals surface area contributed by atoms with Crippen molar-refractivity contribution in [3.63, 3.8) is 0 Å². The zero-order valence-corrected chi connectivity index (χ0v) is 12.9. The minimum absolute atomic E-state index is 0.314. The molecule has 0 aliphatic carbocycles. The Hall–Kier alpha value is -0.940. The van der Waals surface area contributed by atoms with Crippen molar-refractivity contribution in [2.45, 2.75) is 64.6 Å². The van der Waals surface area contributed by atoms with Gasteiger partial charge >= 0.3 is 0 Å². The standard InChI is InChI=1S/C15H26N4O/c1-11(2)15-17-16-14(20-15)10-18-8-13(9-18)19-7-5-4-6-12(19)3/h11-13H,4-10H2,1-3H3/t12-/m1/s1. The number of piperidine rings is 1. The second-order valence-corrected chi connectivity index (χ2v) is 6.62. The van der Waals surface area contributed by atoms with Crippen LogP contribution < -0.4 is 0 Å². The molecule has 3 heterocycles. The highest BCUT2D eigenvalue weighted by molar-refractivity contribution is 4.94. The molecular weight excluding hydrogens is 252 g/mol. The maximum atomic E-state index is 5.68. The van der Waals surface area contributed by atoms with Crippen molar-refractivity contribution in [2.75, 3.05) is 19.6 Å². The number of aromatic nitrogens is 2. The van der Waals surface area contributed by atoms with Gasteiger partial charge in [0.15, 0.2) is 0 Å². The third kappa shape index (κ3) is 2.88. The van der Waals surface area contributed by atoms with Gasteiger partial charge in [0.1, 0.15) is 0 Å². The minimum atomic E-state index is 0.314. The van der Waals surface area contributed by atoms with Crippen LogP contribution in [0, 0.1) is 0 Å². The van der Waals surface area contributed by atoms with Gasteiger partial charge < -0.3 is 4.42 Å². The molecule has 2 fully saturated rings. The van der Waals surface area contributed by atoms with Crippen LogP contribution in [0.5, 0.6) is 0 Å². The SMILES string of the molecule is CC(C)c1nnc(CN2CC(N3CCCC[C@H]3C)C2)o1. The summed E-state index contributed by atoms with van der Waals surface area (Å²) in [6, 6.07) is 1.49. The highest BCUT2D eigenvalue weighted by Gasteiger charge is 2.35. The monoisotopic (exact) mass is 278 g/mol. The first-order valence-electron chi connectivity index (χ1n) is 7.94. The zero-order valence-electron chi connectivity index (χ0n) is 12.9. The Morgan fingerprint density at radius 2 is 2.05 bits per heavy atom. The summed E-state index contributed by atoms with van der Waals surface area (Å²) in [5, 5.41) is 8.23. The summed E-state index contributed by atoms with van der Waals surface area (Å²) >= 11 is 0. The van der Waals surface area contributed by atoms with E-state index in [-0.39, 0.29) is 0 Å². The van der Waals surface area contributed by atoms with E-state index in [4.69, 9.17) is 4.42 Å². The van der Waals surface area contributed by atoms with Gasteiger partial charge in [-0.2, -0.15) is 0 Å². The van der Waals surface area contributed by atoms with E-state index < -0.39 is 0 Å². The minimum Gasteiger partial charge on any atom is -0.424 e. The molecule has 112 valence electrons. The molecule has 0 spiro atoms. The second-order valence-electron chi connectivity index (χ2n) is 6.62. The van der Waals surface area contributed by atoms with Crippen molar-refractivity contribution in [1.82, 2.24) is 20.0 Å². The molecule has 2 saturated heterocycles. The Morgan fingerprint density at radius 1 is 1.25 bits per heavy atom. The molecule has 5 heteroatoms.